The zero-order valence-electron chi connectivity index (χ0n) is 10.3. The Morgan fingerprint density at radius 1 is 1.44 bits per heavy atom. The molecule has 0 aliphatic carbocycles. The summed E-state index contributed by atoms with van der Waals surface area (Å²) in [6, 6.07) is 0. The minimum atomic E-state index is -0.367. The summed E-state index contributed by atoms with van der Waals surface area (Å²) in [6.07, 6.45) is 3.47. The second-order valence-corrected chi connectivity index (χ2v) is 4.34. The maximum Gasteiger partial charge on any atom is 0.257 e. The van der Waals surface area contributed by atoms with Gasteiger partial charge in [0.05, 0.1) is 12.7 Å². The van der Waals surface area contributed by atoms with Gasteiger partial charge in [-0.15, -0.1) is 0 Å². The molecule has 1 aliphatic rings. The van der Waals surface area contributed by atoms with Gasteiger partial charge < -0.3 is 16.0 Å². The third kappa shape index (κ3) is 2.44. The Morgan fingerprint density at radius 3 is 2.67 bits per heavy atom. The van der Waals surface area contributed by atoms with Crippen LogP contribution in [0.5, 0.6) is 0 Å². The van der Waals surface area contributed by atoms with Crippen molar-refractivity contribution in [2.45, 2.75) is 12.8 Å². The zero-order valence-corrected chi connectivity index (χ0v) is 10.3. The van der Waals surface area contributed by atoms with Crippen molar-refractivity contribution < 1.29 is 9.59 Å². The number of amides is 2. The standard InChI is InChI=1S/C11H17N5O2/c1-15-10(12)8(6-14-15)11(18)13-7-9(17)16-4-2-3-5-16/h6H,2-5,7,12H2,1H3,(H,13,18). The van der Waals surface area contributed by atoms with Crippen molar-refractivity contribution in [1.82, 2.24) is 20.0 Å². The summed E-state index contributed by atoms with van der Waals surface area (Å²) >= 11 is 0. The van der Waals surface area contributed by atoms with E-state index in [9.17, 15) is 9.59 Å². The molecule has 0 bridgehead atoms. The molecule has 0 unspecified atom stereocenters. The highest BCUT2D eigenvalue weighted by Crippen LogP contribution is 2.09. The molecule has 1 aliphatic heterocycles. The highest BCUT2D eigenvalue weighted by Gasteiger charge is 2.19. The number of nitrogens with two attached hydrogens (primary N) is 1. The topological polar surface area (TPSA) is 93.2 Å². The van der Waals surface area contributed by atoms with Crippen LogP contribution in [0, 0.1) is 0 Å². The van der Waals surface area contributed by atoms with Gasteiger partial charge in [0.2, 0.25) is 5.91 Å². The van der Waals surface area contributed by atoms with Crippen molar-refractivity contribution in [3.05, 3.63) is 11.8 Å². The minimum Gasteiger partial charge on any atom is -0.383 e. The Hall–Kier alpha value is -2.05. The van der Waals surface area contributed by atoms with Crippen molar-refractivity contribution >= 4 is 17.6 Å². The third-order valence-corrected chi connectivity index (χ3v) is 3.09. The van der Waals surface area contributed by atoms with E-state index in [4.69, 9.17) is 5.73 Å². The Kier molecular flexibility index (Phi) is 3.50. The largest absolute Gasteiger partial charge is 0.383 e. The second kappa shape index (κ2) is 5.07. The average Bonchev–Trinajstić information content (AvgIpc) is 2.98. The molecule has 1 fully saturated rings. The monoisotopic (exact) mass is 251 g/mol. The van der Waals surface area contributed by atoms with Crippen LogP contribution in [0.3, 0.4) is 0 Å². The normalized spacial score (nSPS) is 14.8. The zero-order chi connectivity index (χ0) is 13.1. The van der Waals surface area contributed by atoms with Crippen LogP contribution < -0.4 is 11.1 Å². The summed E-state index contributed by atoms with van der Waals surface area (Å²) in [5.74, 6) is -0.127. The molecule has 0 radical (unpaired) electrons. The Morgan fingerprint density at radius 2 is 2.11 bits per heavy atom. The Labute approximate surface area is 105 Å². The molecule has 18 heavy (non-hydrogen) atoms. The van der Waals surface area contributed by atoms with E-state index < -0.39 is 0 Å². The van der Waals surface area contributed by atoms with Gasteiger partial charge in [0.25, 0.3) is 5.91 Å². The third-order valence-electron chi connectivity index (χ3n) is 3.09. The van der Waals surface area contributed by atoms with Crippen LogP contribution in [0.25, 0.3) is 0 Å². The molecule has 0 saturated carbocycles. The molecule has 3 N–H and O–H groups in total. The number of carbonyl (C=O) groups is 2. The van der Waals surface area contributed by atoms with Crippen molar-refractivity contribution in [2.75, 3.05) is 25.4 Å². The molecule has 0 spiro atoms. The molecule has 1 saturated heterocycles. The van der Waals surface area contributed by atoms with Gasteiger partial charge in [0.15, 0.2) is 0 Å². The lowest BCUT2D eigenvalue weighted by atomic mass is 10.3. The van der Waals surface area contributed by atoms with E-state index in [2.05, 4.69) is 10.4 Å². The number of hydrogen-bond acceptors (Lipinski definition) is 4. The maximum absolute atomic E-state index is 11.8. The average molecular weight is 251 g/mol. The summed E-state index contributed by atoms with van der Waals surface area (Å²) in [6.45, 7) is 1.57. The van der Waals surface area contributed by atoms with E-state index in [0.717, 1.165) is 25.9 Å². The number of carbonyl (C=O) groups excluding carboxylic acids is 2. The van der Waals surface area contributed by atoms with E-state index in [1.54, 1.807) is 11.9 Å². The molecule has 2 amide bonds. The van der Waals surface area contributed by atoms with Crippen LogP contribution in [0.15, 0.2) is 6.20 Å². The summed E-state index contributed by atoms with van der Waals surface area (Å²) in [5.41, 5.74) is 5.97. The molecule has 7 heteroatoms. The predicted molar refractivity (Wildman–Crippen MR) is 65.8 cm³/mol. The van der Waals surface area contributed by atoms with E-state index >= 15 is 0 Å². The van der Waals surface area contributed by atoms with Crippen LogP contribution in [0.4, 0.5) is 5.82 Å². The summed E-state index contributed by atoms with van der Waals surface area (Å²) in [7, 11) is 1.65. The van der Waals surface area contributed by atoms with Gasteiger partial charge in [-0.3, -0.25) is 14.3 Å². The fraction of sp³-hybridized carbons (Fsp3) is 0.545. The lowest BCUT2D eigenvalue weighted by Crippen LogP contribution is -2.38. The smallest absolute Gasteiger partial charge is 0.257 e. The van der Waals surface area contributed by atoms with Crippen molar-refractivity contribution in [3.63, 3.8) is 0 Å². The number of nitrogens with zero attached hydrogens (tertiary/aromatic N) is 3. The Balaban J connectivity index is 1.88. The summed E-state index contributed by atoms with van der Waals surface area (Å²) < 4.78 is 1.41. The highest BCUT2D eigenvalue weighted by atomic mass is 16.2. The van der Waals surface area contributed by atoms with Crippen molar-refractivity contribution in [3.8, 4) is 0 Å². The first kappa shape index (κ1) is 12.4. The first-order valence-electron chi connectivity index (χ1n) is 5.93. The molecule has 2 heterocycles. The van der Waals surface area contributed by atoms with Gasteiger partial charge in [-0.05, 0) is 12.8 Å². The lowest BCUT2D eigenvalue weighted by Gasteiger charge is -2.15. The molecule has 1 aromatic heterocycles. The van der Waals surface area contributed by atoms with E-state index in [-0.39, 0.29) is 18.4 Å². The van der Waals surface area contributed by atoms with Gasteiger partial charge in [-0.2, -0.15) is 5.10 Å². The number of hydrogen-bond donors (Lipinski definition) is 2. The van der Waals surface area contributed by atoms with Gasteiger partial charge in [-0.25, -0.2) is 0 Å². The lowest BCUT2D eigenvalue weighted by molar-refractivity contribution is -0.129. The molecule has 98 valence electrons. The van der Waals surface area contributed by atoms with Crippen LogP contribution in [0.1, 0.15) is 23.2 Å². The fourth-order valence-electron chi connectivity index (χ4n) is 1.95. The van der Waals surface area contributed by atoms with Gasteiger partial charge in [-0.1, -0.05) is 0 Å². The van der Waals surface area contributed by atoms with Gasteiger partial charge in [0.1, 0.15) is 11.4 Å². The van der Waals surface area contributed by atoms with Crippen LogP contribution in [-0.2, 0) is 11.8 Å². The Bertz CT molecular complexity index is 462. The van der Waals surface area contributed by atoms with Crippen molar-refractivity contribution in [2.24, 2.45) is 7.05 Å². The molecule has 0 aromatic carbocycles. The number of nitrogens with one attached hydrogen (secondary N) is 1. The highest BCUT2D eigenvalue weighted by molar-refractivity contribution is 5.99. The molecular weight excluding hydrogens is 234 g/mol. The van der Waals surface area contributed by atoms with Crippen LogP contribution in [0.2, 0.25) is 0 Å². The van der Waals surface area contributed by atoms with Crippen LogP contribution >= 0.6 is 0 Å². The number of likely N-dealkylation sites (tertiary alicyclic amines) is 1. The number of anilines is 1. The SMILES string of the molecule is Cn1ncc(C(=O)NCC(=O)N2CCCC2)c1N. The molecule has 0 atom stereocenters. The van der Waals surface area contributed by atoms with E-state index in [1.165, 1.54) is 10.9 Å². The first-order valence-corrected chi connectivity index (χ1v) is 5.93. The number of aryl methyl sites for hydroxylation is 1. The quantitative estimate of drug-likeness (QED) is 0.747. The predicted octanol–water partition coefficient (Wildman–Crippen LogP) is -0.645. The van der Waals surface area contributed by atoms with Gasteiger partial charge in [0, 0.05) is 20.1 Å². The van der Waals surface area contributed by atoms with Crippen LogP contribution in [-0.4, -0.2) is 46.1 Å². The number of nitrogen functional groups attached to an aromatic ring is 1. The molecule has 7 nitrogen and oxygen atoms in total. The maximum atomic E-state index is 11.8. The molecule has 2 rings (SSSR count). The second-order valence-electron chi connectivity index (χ2n) is 4.34. The fourth-order valence-corrected chi connectivity index (χ4v) is 1.95. The minimum absolute atomic E-state index is 0.00711. The number of aromatic nitrogens is 2. The molecular formula is C11H17N5O2. The summed E-state index contributed by atoms with van der Waals surface area (Å²) in [4.78, 5) is 25.3. The van der Waals surface area contributed by atoms with Crippen molar-refractivity contribution in [1.29, 1.82) is 0 Å². The van der Waals surface area contributed by atoms with E-state index in [0.29, 0.717) is 11.4 Å². The summed E-state index contributed by atoms with van der Waals surface area (Å²) in [5, 5.41) is 6.44. The molecule has 1 aromatic rings. The van der Waals surface area contributed by atoms with Gasteiger partial charge >= 0.3 is 0 Å². The number of rotatable bonds is 3. The first-order chi connectivity index (χ1) is 8.59. The van der Waals surface area contributed by atoms with E-state index in [1.807, 2.05) is 0 Å².